The fourth-order valence-electron chi connectivity index (χ4n) is 4.48. The molecule has 2 aliphatic heterocycles. The van der Waals surface area contributed by atoms with Gasteiger partial charge < -0.3 is 24.8 Å². The largest absolute Gasteiger partial charge is 0.450 e. The Hall–Kier alpha value is -3.31. The Labute approximate surface area is 212 Å². The first-order chi connectivity index (χ1) is 17.3. The van der Waals surface area contributed by atoms with Crippen molar-refractivity contribution in [3.8, 4) is 0 Å². The molecule has 0 radical (unpaired) electrons. The van der Waals surface area contributed by atoms with E-state index in [0.29, 0.717) is 49.6 Å². The number of sulfonamides is 1. The zero-order valence-electron chi connectivity index (χ0n) is 20.7. The molecule has 0 unspecified atom stereocenters. The zero-order chi connectivity index (χ0) is 25.7. The number of hydrogen-bond acceptors (Lipinski definition) is 7. The molecule has 2 aromatic rings. The van der Waals surface area contributed by atoms with Crippen molar-refractivity contribution in [2.75, 3.05) is 68.6 Å². The highest BCUT2D eigenvalue weighted by Gasteiger charge is 2.27. The minimum Gasteiger partial charge on any atom is -0.450 e. The van der Waals surface area contributed by atoms with E-state index in [0.717, 1.165) is 31.9 Å². The molecular weight excluding hydrogens is 482 g/mol. The predicted molar refractivity (Wildman–Crippen MR) is 138 cm³/mol. The molecule has 10 nitrogen and oxygen atoms in total. The monoisotopic (exact) mass is 515 g/mol. The molecule has 0 bridgehead atoms. The Balaban J connectivity index is 1.59. The summed E-state index contributed by atoms with van der Waals surface area (Å²) in [6, 6.07) is 12.0. The van der Waals surface area contributed by atoms with Gasteiger partial charge in [-0.2, -0.15) is 0 Å². The Morgan fingerprint density at radius 2 is 1.64 bits per heavy atom. The average molecular weight is 516 g/mol. The summed E-state index contributed by atoms with van der Waals surface area (Å²) in [5.74, 6) is -0.207. The molecule has 0 aromatic heterocycles. The van der Waals surface area contributed by atoms with Crippen LogP contribution in [0.5, 0.6) is 0 Å². The van der Waals surface area contributed by atoms with Crippen LogP contribution < -0.4 is 14.9 Å². The number of anilines is 2. The van der Waals surface area contributed by atoms with Crippen LogP contribution in [0.2, 0.25) is 0 Å². The lowest BCUT2D eigenvalue weighted by atomic mass is 10.1. The normalized spacial score (nSPS) is 16.6. The fraction of sp³-hybridized carbons (Fsp3) is 0.440. The first-order valence-corrected chi connectivity index (χ1v) is 13.7. The number of hydrogen-bond donors (Lipinski definition) is 2. The van der Waals surface area contributed by atoms with E-state index in [1.807, 2.05) is 6.07 Å². The van der Waals surface area contributed by atoms with E-state index in [1.165, 1.54) is 0 Å². The van der Waals surface area contributed by atoms with Gasteiger partial charge in [0.25, 0.3) is 15.9 Å². The maximum atomic E-state index is 13.3. The van der Waals surface area contributed by atoms with Crippen LogP contribution in [0.4, 0.5) is 16.2 Å². The number of rotatable bonds is 6. The van der Waals surface area contributed by atoms with E-state index in [9.17, 15) is 18.0 Å². The van der Waals surface area contributed by atoms with E-state index in [1.54, 1.807) is 60.0 Å². The Morgan fingerprint density at radius 3 is 2.31 bits per heavy atom. The number of piperazine rings is 2. The van der Waals surface area contributed by atoms with Gasteiger partial charge in [0.1, 0.15) is 0 Å². The number of amides is 2. The highest BCUT2D eigenvalue weighted by atomic mass is 32.2. The van der Waals surface area contributed by atoms with Crippen molar-refractivity contribution in [1.82, 2.24) is 15.1 Å². The topological polar surface area (TPSA) is 111 Å². The standard InChI is InChI=1S/C25H33N5O5S/c1-3-35-25(32)30-16-14-29(15-17-30)24(31)20-8-9-22(28-12-10-26-11-13-28)21(18-20)27-36(33,34)23-7-5-4-6-19(23)2/h4-9,18,26-27H,3,10-17H2,1-2H3. The molecule has 36 heavy (non-hydrogen) atoms. The summed E-state index contributed by atoms with van der Waals surface area (Å²) >= 11 is 0. The third-order valence-corrected chi connectivity index (χ3v) is 7.95. The predicted octanol–water partition coefficient (Wildman–Crippen LogP) is 2.12. The number of benzene rings is 2. The van der Waals surface area contributed by atoms with Gasteiger partial charge in [0, 0.05) is 57.9 Å². The van der Waals surface area contributed by atoms with Crippen LogP contribution in [0.25, 0.3) is 0 Å². The first-order valence-electron chi connectivity index (χ1n) is 12.2. The van der Waals surface area contributed by atoms with E-state index in [4.69, 9.17) is 4.74 Å². The molecular formula is C25H33N5O5S. The summed E-state index contributed by atoms with van der Waals surface area (Å²) in [5, 5.41) is 3.30. The van der Waals surface area contributed by atoms with Gasteiger partial charge in [-0.25, -0.2) is 13.2 Å². The molecule has 194 valence electrons. The lowest BCUT2D eigenvalue weighted by Crippen LogP contribution is -2.50. The number of nitrogens with zero attached hydrogens (tertiary/aromatic N) is 3. The molecule has 2 aliphatic rings. The van der Waals surface area contributed by atoms with Gasteiger partial charge in [-0.1, -0.05) is 18.2 Å². The van der Waals surface area contributed by atoms with Gasteiger partial charge in [0.15, 0.2) is 0 Å². The molecule has 0 atom stereocenters. The van der Waals surface area contributed by atoms with E-state index in [-0.39, 0.29) is 16.9 Å². The lowest BCUT2D eigenvalue weighted by molar-refractivity contribution is 0.0570. The summed E-state index contributed by atoms with van der Waals surface area (Å²) < 4.78 is 34.4. The van der Waals surface area contributed by atoms with Crippen LogP contribution in [-0.2, 0) is 14.8 Å². The molecule has 4 rings (SSSR count). The second-order valence-corrected chi connectivity index (χ2v) is 10.5. The number of nitrogens with one attached hydrogen (secondary N) is 2. The highest BCUT2D eigenvalue weighted by Crippen LogP contribution is 2.31. The molecule has 2 aromatic carbocycles. The number of ether oxygens (including phenoxy) is 1. The molecule has 2 saturated heterocycles. The summed E-state index contributed by atoms with van der Waals surface area (Å²) in [5.41, 5.74) is 2.13. The lowest BCUT2D eigenvalue weighted by Gasteiger charge is -2.34. The quantitative estimate of drug-likeness (QED) is 0.606. The van der Waals surface area contributed by atoms with Gasteiger partial charge >= 0.3 is 6.09 Å². The average Bonchev–Trinajstić information content (AvgIpc) is 2.89. The highest BCUT2D eigenvalue weighted by molar-refractivity contribution is 7.92. The van der Waals surface area contributed by atoms with Crippen molar-refractivity contribution >= 4 is 33.4 Å². The summed E-state index contributed by atoms with van der Waals surface area (Å²) in [6.45, 7) is 8.36. The molecule has 2 heterocycles. The number of carbonyl (C=O) groups excluding carboxylic acids is 2. The SMILES string of the molecule is CCOC(=O)N1CCN(C(=O)c2ccc(N3CCNCC3)c(NS(=O)(=O)c3ccccc3C)c2)CC1. The van der Waals surface area contributed by atoms with Crippen LogP contribution in [0.1, 0.15) is 22.8 Å². The van der Waals surface area contributed by atoms with Crippen molar-refractivity contribution < 1.29 is 22.7 Å². The molecule has 2 N–H and O–H groups in total. The first kappa shape index (κ1) is 25.8. The second kappa shape index (κ2) is 11.2. The van der Waals surface area contributed by atoms with Gasteiger partial charge in [-0.15, -0.1) is 0 Å². The van der Waals surface area contributed by atoms with Crippen molar-refractivity contribution in [2.24, 2.45) is 0 Å². The third kappa shape index (κ3) is 5.73. The molecule has 11 heteroatoms. The molecule has 2 fully saturated rings. The van der Waals surface area contributed by atoms with Gasteiger partial charge in [0.2, 0.25) is 0 Å². The van der Waals surface area contributed by atoms with Crippen LogP contribution in [0.3, 0.4) is 0 Å². The van der Waals surface area contributed by atoms with Crippen LogP contribution in [0.15, 0.2) is 47.4 Å². The van der Waals surface area contributed by atoms with E-state index >= 15 is 0 Å². The second-order valence-electron chi connectivity index (χ2n) is 8.82. The Bertz CT molecular complexity index is 1210. The maximum absolute atomic E-state index is 13.3. The number of carbonyl (C=O) groups is 2. The van der Waals surface area contributed by atoms with E-state index < -0.39 is 10.0 Å². The summed E-state index contributed by atoms with van der Waals surface area (Å²) in [4.78, 5) is 30.9. The van der Waals surface area contributed by atoms with Crippen molar-refractivity contribution in [3.05, 3.63) is 53.6 Å². The summed E-state index contributed by atoms with van der Waals surface area (Å²) in [7, 11) is -3.87. The Morgan fingerprint density at radius 1 is 0.972 bits per heavy atom. The van der Waals surface area contributed by atoms with Crippen molar-refractivity contribution in [1.29, 1.82) is 0 Å². The van der Waals surface area contributed by atoms with Gasteiger partial charge in [-0.3, -0.25) is 9.52 Å². The van der Waals surface area contributed by atoms with Gasteiger partial charge in [0.05, 0.1) is 22.9 Å². The molecule has 0 spiro atoms. The Kier molecular flexibility index (Phi) is 8.00. The number of aryl methyl sites for hydroxylation is 1. The minimum atomic E-state index is -3.87. The third-order valence-electron chi connectivity index (χ3n) is 6.42. The van der Waals surface area contributed by atoms with Crippen molar-refractivity contribution in [3.63, 3.8) is 0 Å². The summed E-state index contributed by atoms with van der Waals surface area (Å²) in [6.07, 6.45) is -0.377. The zero-order valence-corrected chi connectivity index (χ0v) is 21.5. The van der Waals surface area contributed by atoms with Crippen LogP contribution in [0, 0.1) is 6.92 Å². The van der Waals surface area contributed by atoms with E-state index in [2.05, 4.69) is 14.9 Å². The van der Waals surface area contributed by atoms with Crippen molar-refractivity contribution in [2.45, 2.75) is 18.7 Å². The smallest absolute Gasteiger partial charge is 0.409 e. The molecule has 2 amide bonds. The fourth-order valence-corrected chi connectivity index (χ4v) is 5.79. The van der Waals surface area contributed by atoms with Crippen LogP contribution in [-0.4, -0.2) is 89.2 Å². The molecule has 0 aliphatic carbocycles. The van der Waals surface area contributed by atoms with Crippen LogP contribution >= 0.6 is 0 Å². The molecule has 0 saturated carbocycles. The van der Waals surface area contributed by atoms with Gasteiger partial charge in [-0.05, 0) is 43.7 Å². The minimum absolute atomic E-state index is 0.197. The maximum Gasteiger partial charge on any atom is 0.409 e.